The zero-order valence-corrected chi connectivity index (χ0v) is 12.8. The lowest BCUT2D eigenvalue weighted by Crippen LogP contribution is -2.15. The van der Waals surface area contributed by atoms with Gasteiger partial charge in [-0.15, -0.1) is 0 Å². The lowest BCUT2D eigenvalue weighted by atomic mass is 10.2. The van der Waals surface area contributed by atoms with Crippen LogP contribution in [-0.2, 0) is 15.8 Å². The molecule has 0 saturated heterocycles. The van der Waals surface area contributed by atoms with Gasteiger partial charge in [0.15, 0.2) is 0 Å². The first kappa shape index (κ1) is 14.6. The molecule has 0 spiro atoms. The third kappa shape index (κ3) is 3.83. The van der Waals surface area contributed by atoms with Crippen molar-refractivity contribution in [3.8, 4) is 6.07 Å². The van der Waals surface area contributed by atoms with Crippen LogP contribution in [0.2, 0.25) is 0 Å². The van der Waals surface area contributed by atoms with Crippen LogP contribution in [0.15, 0.2) is 53.0 Å². The van der Waals surface area contributed by atoms with Crippen LogP contribution in [0.4, 0.5) is 5.69 Å². The molecule has 1 N–H and O–H groups in total. The molecule has 0 atom stereocenters. The quantitative estimate of drug-likeness (QED) is 0.919. The average molecular weight is 351 g/mol. The van der Waals surface area contributed by atoms with Crippen molar-refractivity contribution in [1.82, 2.24) is 0 Å². The molecule has 0 heterocycles. The number of rotatable bonds is 4. The number of benzene rings is 2. The minimum absolute atomic E-state index is 0.130. The third-order valence-corrected chi connectivity index (χ3v) is 4.30. The Kier molecular flexibility index (Phi) is 4.42. The molecule has 0 aliphatic rings. The van der Waals surface area contributed by atoms with Gasteiger partial charge in [-0.1, -0.05) is 46.3 Å². The van der Waals surface area contributed by atoms with Gasteiger partial charge in [-0.25, -0.2) is 8.42 Å². The van der Waals surface area contributed by atoms with Crippen molar-refractivity contribution in [3.63, 3.8) is 0 Å². The summed E-state index contributed by atoms with van der Waals surface area (Å²) in [7, 11) is -3.55. The van der Waals surface area contributed by atoms with Crippen LogP contribution in [0, 0.1) is 11.3 Å². The largest absolute Gasteiger partial charge is 0.282 e. The SMILES string of the molecule is N#Cc1cc(Br)ccc1NS(=O)(=O)Cc1ccccc1. The molecule has 0 amide bonds. The number of nitrogens with one attached hydrogen (secondary N) is 1. The standard InChI is InChI=1S/C14H11BrN2O2S/c15-13-6-7-14(12(8-13)9-16)17-20(18,19)10-11-4-2-1-3-5-11/h1-8,17H,10H2. The molecule has 0 aliphatic carbocycles. The summed E-state index contributed by atoms with van der Waals surface area (Å²) in [6, 6.07) is 15.7. The second kappa shape index (κ2) is 6.07. The number of nitriles is 1. The van der Waals surface area contributed by atoms with E-state index in [9.17, 15) is 8.42 Å². The van der Waals surface area contributed by atoms with Gasteiger partial charge in [0.2, 0.25) is 10.0 Å². The van der Waals surface area contributed by atoms with Gasteiger partial charge in [0, 0.05) is 4.47 Å². The maximum atomic E-state index is 12.1. The van der Waals surface area contributed by atoms with E-state index >= 15 is 0 Å². The lowest BCUT2D eigenvalue weighted by molar-refractivity contribution is 0.600. The van der Waals surface area contributed by atoms with Crippen LogP contribution in [-0.4, -0.2) is 8.42 Å². The molecule has 0 fully saturated rings. The van der Waals surface area contributed by atoms with Crippen molar-refractivity contribution in [1.29, 1.82) is 5.26 Å². The van der Waals surface area contributed by atoms with E-state index in [1.54, 1.807) is 42.5 Å². The third-order valence-electron chi connectivity index (χ3n) is 2.57. The molecule has 20 heavy (non-hydrogen) atoms. The van der Waals surface area contributed by atoms with E-state index in [1.165, 1.54) is 0 Å². The Morgan fingerprint density at radius 2 is 1.85 bits per heavy atom. The van der Waals surface area contributed by atoms with Crippen molar-refractivity contribution in [3.05, 3.63) is 64.1 Å². The van der Waals surface area contributed by atoms with Crippen molar-refractivity contribution >= 4 is 31.6 Å². The molecule has 0 aromatic heterocycles. The highest BCUT2D eigenvalue weighted by Gasteiger charge is 2.14. The molecule has 0 unspecified atom stereocenters. The molecule has 0 saturated carbocycles. The molecular formula is C14H11BrN2O2S. The monoisotopic (exact) mass is 350 g/mol. The normalized spacial score (nSPS) is 10.8. The molecule has 2 aromatic rings. The first-order chi connectivity index (χ1) is 9.50. The van der Waals surface area contributed by atoms with Gasteiger partial charge in [-0.2, -0.15) is 5.26 Å². The van der Waals surface area contributed by atoms with Crippen molar-refractivity contribution < 1.29 is 8.42 Å². The second-order valence-electron chi connectivity index (χ2n) is 4.15. The minimum Gasteiger partial charge on any atom is -0.282 e. The minimum atomic E-state index is -3.55. The van der Waals surface area contributed by atoms with E-state index in [1.807, 2.05) is 12.1 Å². The molecule has 102 valence electrons. The number of halogens is 1. The fraction of sp³-hybridized carbons (Fsp3) is 0.0714. The van der Waals surface area contributed by atoms with E-state index in [0.29, 0.717) is 5.56 Å². The number of anilines is 1. The fourth-order valence-corrected chi connectivity index (χ4v) is 3.27. The molecule has 2 aromatic carbocycles. The molecule has 0 aliphatic heterocycles. The first-order valence-electron chi connectivity index (χ1n) is 5.74. The van der Waals surface area contributed by atoms with Gasteiger partial charge >= 0.3 is 0 Å². The van der Waals surface area contributed by atoms with Gasteiger partial charge in [0.05, 0.1) is 17.0 Å². The summed E-state index contributed by atoms with van der Waals surface area (Å²) in [5, 5.41) is 9.02. The van der Waals surface area contributed by atoms with Gasteiger partial charge in [0.25, 0.3) is 0 Å². The Hall–Kier alpha value is -1.84. The summed E-state index contributed by atoms with van der Waals surface area (Å²) in [5.74, 6) is -0.130. The van der Waals surface area contributed by atoms with Crippen LogP contribution in [0.5, 0.6) is 0 Å². The Morgan fingerprint density at radius 1 is 1.15 bits per heavy atom. The van der Waals surface area contributed by atoms with Crippen LogP contribution in [0.1, 0.15) is 11.1 Å². The maximum Gasteiger partial charge on any atom is 0.236 e. The zero-order chi connectivity index (χ0) is 14.6. The van der Waals surface area contributed by atoms with Crippen LogP contribution < -0.4 is 4.72 Å². The highest BCUT2D eigenvalue weighted by molar-refractivity contribution is 9.10. The zero-order valence-electron chi connectivity index (χ0n) is 10.4. The molecular weight excluding hydrogens is 340 g/mol. The van der Waals surface area contributed by atoms with Gasteiger partial charge in [0.1, 0.15) is 6.07 Å². The Labute approximate surface area is 126 Å². The van der Waals surface area contributed by atoms with Crippen molar-refractivity contribution in [2.24, 2.45) is 0 Å². The van der Waals surface area contributed by atoms with E-state index in [-0.39, 0.29) is 17.0 Å². The van der Waals surface area contributed by atoms with E-state index in [4.69, 9.17) is 5.26 Å². The lowest BCUT2D eigenvalue weighted by Gasteiger charge is -2.09. The first-order valence-corrected chi connectivity index (χ1v) is 8.19. The number of hydrogen-bond donors (Lipinski definition) is 1. The summed E-state index contributed by atoms with van der Waals surface area (Å²) >= 11 is 3.24. The summed E-state index contributed by atoms with van der Waals surface area (Å²) < 4.78 is 27.3. The number of nitrogens with zero attached hydrogens (tertiary/aromatic N) is 1. The summed E-state index contributed by atoms with van der Waals surface area (Å²) in [6.45, 7) is 0. The van der Waals surface area contributed by atoms with E-state index in [2.05, 4.69) is 20.7 Å². The summed E-state index contributed by atoms with van der Waals surface area (Å²) in [6.07, 6.45) is 0. The maximum absolute atomic E-state index is 12.1. The van der Waals surface area contributed by atoms with Crippen molar-refractivity contribution in [2.75, 3.05) is 4.72 Å². The Bertz CT molecular complexity index is 752. The highest BCUT2D eigenvalue weighted by Crippen LogP contribution is 2.22. The smallest absolute Gasteiger partial charge is 0.236 e. The predicted molar refractivity (Wildman–Crippen MR) is 81.5 cm³/mol. The van der Waals surface area contributed by atoms with Crippen LogP contribution in [0.3, 0.4) is 0 Å². The van der Waals surface area contributed by atoms with Crippen LogP contribution >= 0.6 is 15.9 Å². The van der Waals surface area contributed by atoms with Crippen LogP contribution in [0.25, 0.3) is 0 Å². The predicted octanol–water partition coefficient (Wildman–Crippen LogP) is 3.26. The van der Waals surface area contributed by atoms with Gasteiger partial charge in [-0.05, 0) is 23.8 Å². The topological polar surface area (TPSA) is 70.0 Å². The molecule has 2 rings (SSSR count). The summed E-state index contributed by atoms with van der Waals surface area (Å²) in [5.41, 5.74) is 1.25. The van der Waals surface area contributed by atoms with Gasteiger partial charge in [-0.3, -0.25) is 4.72 Å². The molecule has 0 bridgehead atoms. The van der Waals surface area contributed by atoms with Crippen molar-refractivity contribution in [2.45, 2.75) is 5.75 Å². The Morgan fingerprint density at radius 3 is 2.50 bits per heavy atom. The number of sulfonamides is 1. The number of hydrogen-bond acceptors (Lipinski definition) is 3. The van der Waals surface area contributed by atoms with E-state index < -0.39 is 10.0 Å². The van der Waals surface area contributed by atoms with Gasteiger partial charge < -0.3 is 0 Å². The molecule has 6 heteroatoms. The summed E-state index contributed by atoms with van der Waals surface area (Å²) in [4.78, 5) is 0. The highest BCUT2D eigenvalue weighted by atomic mass is 79.9. The Balaban J connectivity index is 2.23. The fourth-order valence-electron chi connectivity index (χ4n) is 1.70. The second-order valence-corrected chi connectivity index (χ2v) is 6.79. The molecule has 4 nitrogen and oxygen atoms in total. The van der Waals surface area contributed by atoms with E-state index in [0.717, 1.165) is 4.47 Å². The average Bonchev–Trinajstić information content (AvgIpc) is 2.41. The molecule has 0 radical (unpaired) electrons.